The van der Waals surface area contributed by atoms with Gasteiger partial charge in [0.2, 0.25) is 0 Å². The Morgan fingerprint density at radius 1 is 0.893 bits per heavy atom. The third-order valence-electron chi connectivity index (χ3n) is 5.09. The van der Waals surface area contributed by atoms with Crippen molar-refractivity contribution in [1.82, 2.24) is 9.97 Å². The Hall–Kier alpha value is -3.13. The lowest BCUT2D eigenvalue weighted by molar-refractivity contribution is 0.730. The molecule has 2 heterocycles. The van der Waals surface area contributed by atoms with Crippen molar-refractivity contribution in [3.8, 4) is 0 Å². The average Bonchev–Trinajstić information content (AvgIpc) is 3.11. The van der Waals surface area contributed by atoms with Crippen LogP contribution in [0.5, 0.6) is 0 Å². The maximum atomic E-state index is 4.55. The normalized spacial score (nSPS) is 12.0. The Kier molecular flexibility index (Phi) is 5.67. The zero-order valence-electron chi connectivity index (χ0n) is 16.4. The molecular formula is C26H26N2. The number of hydrogen-bond donors (Lipinski definition) is 1. The van der Waals surface area contributed by atoms with Gasteiger partial charge in [-0.05, 0) is 47.7 Å². The van der Waals surface area contributed by atoms with Gasteiger partial charge in [-0.15, -0.1) is 0 Å². The molecule has 4 rings (SSSR count). The van der Waals surface area contributed by atoms with Crippen molar-refractivity contribution in [3.05, 3.63) is 83.6 Å². The predicted molar refractivity (Wildman–Crippen MR) is 122 cm³/mol. The number of pyridine rings is 1. The van der Waals surface area contributed by atoms with Crippen LogP contribution in [-0.4, -0.2) is 9.97 Å². The van der Waals surface area contributed by atoms with Gasteiger partial charge in [0.15, 0.2) is 0 Å². The SMILES string of the molecule is CCCCC/C=C/c1ccnc2[nH]c3ccc(/C=C/c4ccccc4)cc3c12. The van der Waals surface area contributed by atoms with Gasteiger partial charge < -0.3 is 4.98 Å². The van der Waals surface area contributed by atoms with E-state index in [9.17, 15) is 0 Å². The van der Waals surface area contributed by atoms with E-state index in [2.05, 4.69) is 89.7 Å². The summed E-state index contributed by atoms with van der Waals surface area (Å²) in [5.74, 6) is 0. The fourth-order valence-corrected chi connectivity index (χ4v) is 3.58. The van der Waals surface area contributed by atoms with Crippen LogP contribution in [0.3, 0.4) is 0 Å². The van der Waals surface area contributed by atoms with E-state index in [0.29, 0.717) is 0 Å². The third-order valence-corrected chi connectivity index (χ3v) is 5.09. The second kappa shape index (κ2) is 8.71. The van der Waals surface area contributed by atoms with E-state index in [1.165, 1.54) is 46.7 Å². The number of unbranched alkanes of at least 4 members (excludes halogenated alkanes) is 3. The van der Waals surface area contributed by atoms with Crippen LogP contribution in [0.15, 0.2) is 66.9 Å². The number of allylic oxidation sites excluding steroid dienone is 1. The van der Waals surface area contributed by atoms with Crippen molar-refractivity contribution in [2.24, 2.45) is 0 Å². The van der Waals surface area contributed by atoms with Gasteiger partial charge >= 0.3 is 0 Å². The molecule has 0 bridgehead atoms. The molecule has 0 unspecified atom stereocenters. The van der Waals surface area contributed by atoms with Crippen molar-refractivity contribution in [1.29, 1.82) is 0 Å². The molecule has 2 aromatic carbocycles. The fourth-order valence-electron chi connectivity index (χ4n) is 3.58. The first-order valence-electron chi connectivity index (χ1n) is 10.2. The highest BCUT2D eigenvalue weighted by atomic mass is 14.8. The van der Waals surface area contributed by atoms with E-state index >= 15 is 0 Å². The van der Waals surface area contributed by atoms with E-state index < -0.39 is 0 Å². The number of aromatic amines is 1. The lowest BCUT2D eigenvalue weighted by Gasteiger charge is -2.00. The number of H-pyrrole nitrogens is 1. The van der Waals surface area contributed by atoms with E-state index in [1.807, 2.05) is 12.3 Å². The minimum absolute atomic E-state index is 0.954. The summed E-state index contributed by atoms with van der Waals surface area (Å²) in [6.07, 6.45) is 15.7. The van der Waals surface area contributed by atoms with Crippen molar-refractivity contribution < 1.29 is 0 Å². The standard InChI is InChI=1S/C26H26N2/c1-2-3-4-5-9-12-22-17-18-27-26-25(22)23-19-21(15-16-24(23)28-26)14-13-20-10-7-6-8-11-20/h6-19H,2-5H2,1H3,(H,27,28)/b12-9+,14-13+. The molecule has 0 spiro atoms. The highest BCUT2D eigenvalue weighted by Gasteiger charge is 2.08. The summed E-state index contributed by atoms with van der Waals surface area (Å²) in [7, 11) is 0. The number of nitrogens with zero attached hydrogens (tertiary/aromatic N) is 1. The Labute approximate surface area is 166 Å². The second-order valence-corrected chi connectivity index (χ2v) is 7.20. The van der Waals surface area contributed by atoms with Crippen molar-refractivity contribution >= 4 is 40.2 Å². The first kappa shape index (κ1) is 18.2. The van der Waals surface area contributed by atoms with Gasteiger partial charge in [-0.2, -0.15) is 0 Å². The highest BCUT2D eigenvalue weighted by molar-refractivity contribution is 6.10. The van der Waals surface area contributed by atoms with Crippen LogP contribution in [-0.2, 0) is 0 Å². The lowest BCUT2D eigenvalue weighted by atomic mass is 10.0. The Morgan fingerprint density at radius 3 is 2.61 bits per heavy atom. The predicted octanol–water partition coefficient (Wildman–Crippen LogP) is 7.48. The molecule has 0 aliphatic heterocycles. The van der Waals surface area contributed by atoms with Gasteiger partial charge in [0.05, 0.1) is 0 Å². The zero-order valence-corrected chi connectivity index (χ0v) is 16.4. The van der Waals surface area contributed by atoms with E-state index in [-0.39, 0.29) is 0 Å². The molecule has 4 aromatic rings. The quantitative estimate of drug-likeness (QED) is 0.266. The van der Waals surface area contributed by atoms with Crippen LogP contribution < -0.4 is 0 Å². The molecule has 140 valence electrons. The average molecular weight is 367 g/mol. The van der Waals surface area contributed by atoms with Gasteiger partial charge in [0, 0.05) is 22.5 Å². The van der Waals surface area contributed by atoms with Crippen molar-refractivity contribution in [2.75, 3.05) is 0 Å². The molecule has 0 fully saturated rings. The minimum Gasteiger partial charge on any atom is -0.339 e. The number of nitrogens with one attached hydrogen (secondary N) is 1. The summed E-state index contributed by atoms with van der Waals surface area (Å²) >= 11 is 0. The van der Waals surface area contributed by atoms with E-state index in [1.54, 1.807) is 0 Å². The summed E-state index contributed by atoms with van der Waals surface area (Å²) in [5.41, 5.74) is 5.72. The second-order valence-electron chi connectivity index (χ2n) is 7.20. The highest BCUT2D eigenvalue weighted by Crippen LogP contribution is 2.29. The number of rotatable bonds is 7. The van der Waals surface area contributed by atoms with Crippen molar-refractivity contribution in [3.63, 3.8) is 0 Å². The number of hydrogen-bond acceptors (Lipinski definition) is 1. The first-order valence-corrected chi connectivity index (χ1v) is 10.2. The van der Waals surface area contributed by atoms with Crippen LogP contribution in [0, 0.1) is 0 Å². The van der Waals surface area contributed by atoms with E-state index in [0.717, 1.165) is 17.6 Å². The number of benzene rings is 2. The smallest absolute Gasteiger partial charge is 0.138 e. The zero-order chi connectivity index (χ0) is 19.2. The monoisotopic (exact) mass is 366 g/mol. The van der Waals surface area contributed by atoms with Gasteiger partial charge in [-0.25, -0.2) is 4.98 Å². The largest absolute Gasteiger partial charge is 0.339 e. The first-order chi connectivity index (χ1) is 13.8. The van der Waals surface area contributed by atoms with Crippen LogP contribution >= 0.6 is 0 Å². The van der Waals surface area contributed by atoms with Gasteiger partial charge in [0.25, 0.3) is 0 Å². The molecule has 0 aliphatic rings. The van der Waals surface area contributed by atoms with Gasteiger partial charge in [-0.3, -0.25) is 0 Å². The maximum absolute atomic E-state index is 4.55. The topological polar surface area (TPSA) is 28.7 Å². The summed E-state index contributed by atoms with van der Waals surface area (Å²) in [6.45, 7) is 2.24. The molecular weight excluding hydrogens is 340 g/mol. The molecule has 2 aromatic heterocycles. The minimum atomic E-state index is 0.954. The molecule has 2 nitrogen and oxygen atoms in total. The molecule has 0 amide bonds. The van der Waals surface area contributed by atoms with E-state index in [4.69, 9.17) is 0 Å². The Bertz CT molecular complexity index is 1120. The molecule has 1 N–H and O–H groups in total. The molecule has 2 heteroatoms. The molecule has 0 radical (unpaired) electrons. The van der Waals surface area contributed by atoms with Crippen LogP contribution in [0.2, 0.25) is 0 Å². The Morgan fingerprint density at radius 2 is 1.75 bits per heavy atom. The van der Waals surface area contributed by atoms with Crippen LogP contribution in [0.4, 0.5) is 0 Å². The molecule has 0 atom stereocenters. The maximum Gasteiger partial charge on any atom is 0.138 e. The van der Waals surface area contributed by atoms with Crippen LogP contribution in [0.1, 0.15) is 49.3 Å². The molecule has 28 heavy (non-hydrogen) atoms. The molecule has 0 saturated heterocycles. The third kappa shape index (κ3) is 4.07. The number of fused-ring (bicyclic) bond motifs is 3. The summed E-state index contributed by atoms with van der Waals surface area (Å²) in [6, 6.07) is 19.1. The van der Waals surface area contributed by atoms with Crippen molar-refractivity contribution in [2.45, 2.75) is 32.6 Å². The summed E-state index contributed by atoms with van der Waals surface area (Å²) < 4.78 is 0. The fraction of sp³-hybridized carbons (Fsp3) is 0.192. The van der Waals surface area contributed by atoms with Gasteiger partial charge in [0.1, 0.15) is 5.65 Å². The lowest BCUT2D eigenvalue weighted by Crippen LogP contribution is -1.80. The Balaban J connectivity index is 1.69. The molecule has 0 saturated carbocycles. The summed E-state index contributed by atoms with van der Waals surface area (Å²) in [4.78, 5) is 8.01. The summed E-state index contributed by atoms with van der Waals surface area (Å²) in [5, 5.41) is 2.44. The number of aromatic nitrogens is 2. The van der Waals surface area contributed by atoms with Crippen LogP contribution in [0.25, 0.3) is 40.2 Å². The van der Waals surface area contributed by atoms with Gasteiger partial charge in [-0.1, -0.05) is 80.5 Å². The molecule has 0 aliphatic carbocycles.